The van der Waals surface area contributed by atoms with E-state index in [1.54, 1.807) is 48.5 Å². The summed E-state index contributed by atoms with van der Waals surface area (Å²) in [7, 11) is 0. The van der Waals surface area contributed by atoms with Crippen molar-refractivity contribution >= 4 is 23.6 Å². The van der Waals surface area contributed by atoms with E-state index in [-0.39, 0.29) is 22.3 Å². The van der Waals surface area contributed by atoms with Crippen LogP contribution in [0.1, 0.15) is 78.7 Å². The average Bonchev–Trinajstić information content (AvgIpc) is 3.44. The third-order valence-electron chi connectivity index (χ3n) is 8.30. The number of carbonyl (C=O) groups is 4. The van der Waals surface area contributed by atoms with Crippen molar-refractivity contribution in [2.24, 2.45) is 0 Å². The molecular formula is C36H33N3O4. The van der Waals surface area contributed by atoms with Crippen LogP contribution < -0.4 is 0 Å². The number of imide groups is 2. The molecule has 0 fully saturated rings. The van der Waals surface area contributed by atoms with Crippen molar-refractivity contribution in [1.29, 1.82) is 0 Å². The zero-order chi connectivity index (χ0) is 29.9. The first-order chi connectivity index (χ1) is 21.0. The van der Waals surface area contributed by atoms with Gasteiger partial charge in [0.05, 0.1) is 28.3 Å². The SMILES string of the molecule is CCCCC(C(N1C(=O)c2ccccc2C1=O)N1C(=O)c2ccccc2C1=O)N(Cc1ccccc1)Cc1ccccc1. The molecule has 6 rings (SSSR count). The maximum atomic E-state index is 14.0. The molecule has 0 spiro atoms. The molecule has 4 amide bonds. The van der Waals surface area contributed by atoms with Crippen LogP contribution in [0.3, 0.4) is 0 Å². The smallest absolute Gasteiger partial charge is 0.263 e. The lowest BCUT2D eigenvalue weighted by Crippen LogP contribution is -2.62. The average molecular weight is 572 g/mol. The van der Waals surface area contributed by atoms with Gasteiger partial charge in [-0.05, 0) is 41.8 Å². The topological polar surface area (TPSA) is 78.0 Å². The van der Waals surface area contributed by atoms with Gasteiger partial charge >= 0.3 is 0 Å². The molecule has 7 nitrogen and oxygen atoms in total. The van der Waals surface area contributed by atoms with Crippen LogP contribution in [0.2, 0.25) is 0 Å². The highest BCUT2D eigenvalue weighted by Crippen LogP contribution is 2.35. The molecule has 0 aliphatic carbocycles. The summed E-state index contributed by atoms with van der Waals surface area (Å²) in [6.07, 6.45) is 1.03. The maximum Gasteiger partial charge on any atom is 0.263 e. The van der Waals surface area contributed by atoms with E-state index >= 15 is 0 Å². The number of rotatable bonds is 11. The highest BCUT2D eigenvalue weighted by molar-refractivity contribution is 6.24. The molecule has 4 aromatic rings. The van der Waals surface area contributed by atoms with E-state index in [9.17, 15) is 19.2 Å². The van der Waals surface area contributed by atoms with Crippen LogP contribution in [0.4, 0.5) is 0 Å². The third-order valence-corrected chi connectivity index (χ3v) is 8.30. The molecule has 216 valence electrons. The predicted octanol–water partition coefficient (Wildman–Crippen LogP) is 6.17. The number of benzene rings is 4. The Morgan fingerprint density at radius 2 is 0.884 bits per heavy atom. The summed E-state index contributed by atoms with van der Waals surface area (Å²) in [5, 5.41) is 0. The fraction of sp³-hybridized carbons (Fsp3) is 0.222. The molecule has 1 atom stereocenters. The second-order valence-electron chi connectivity index (χ2n) is 11.1. The van der Waals surface area contributed by atoms with Gasteiger partial charge in [-0.3, -0.25) is 33.9 Å². The number of carbonyl (C=O) groups excluding carboxylic acids is 4. The van der Waals surface area contributed by atoms with Gasteiger partial charge in [0.2, 0.25) is 0 Å². The lowest BCUT2D eigenvalue weighted by molar-refractivity contribution is -0.00351. The Morgan fingerprint density at radius 1 is 0.535 bits per heavy atom. The van der Waals surface area contributed by atoms with Gasteiger partial charge in [-0.25, -0.2) is 0 Å². The summed E-state index contributed by atoms with van der Waals surface area (Å²) in [6, 6.07) is 32.8. The van der Waals surface area contributed by atoms with Crippen LogP contribution in [0, 0.1) is 0 Å². The predicted molar refractivity (Wildman–Crippen MR) is 163 cm³/mol. The summed E-state index contributed by atoms with van der Waals surface area (Å²) in [6.45, 7) is 3.06. The van der Waals surface area contributed by atoms with Gasteiger partial charge in [-0.15, -0.1) is 0 Å². The van der Waals surface area contributed by atoms with Crippen molar-refractivity contribution < 1.29 is 19.2 Å². The van der Waals surface area contributed by atoms with Crippen molar-refractivity contribution in [3.63, 3.8) is 0 Å². The number of hydrogen-bond donors (Lipinski definition) is 0. The van der Waals surface area contributed by atoms with Crippen LogP contribution >= 0.6 is 0 Å². The van der Waals surface area contributed by atoms with Gasteiger partial charge in [-0.2, -0.15) is 0 Å². The number of unbranched alkanes of at least 4 members (excludes halogenated alkanes) is 1. The highest BCUT2D eigenvalue weighted by Gasteiger charge is 2.52. The van der Waals surface area contributed by atoms with Crippen LogP contribution in [0.5, 0.6) is 0 Å². The fourth-order valence-electron chi connectivity index (χ4n) is 6.22. The molecule has 2 heterocycles. The first kappa shape index (κ1) is 28.2. The second kappa shape index (κ2) is 12.2. The lowest BCUT2D eigenvalue weighted by atomic mass is 10.00. The zero-order valence-corrected chi connectivity index (χ0v) is 24.1. The quantitative estimate of drug-likeness (QED) is 0.201. The Balaban J connectivity index is 1.51. The number of hydrogen-bond acceptors (Lipinski definition) is 5. The summed E-state index contributed by atoms with van der Waals surface area (Å²) < 4.78 is 0. The fourth-order valence-corrected chi connectivity index (χ4v) is 6.22. The molecule has 2 aliphatic rings. The third kappa shape index (κ3) is 5.28. The van der Waals surface area contributed by atoms with Crippen molar-refractivity contribution in [2.75, 3.05) is 0 Å². The zero-order valence-electron chi connectivity index (χ0n) is 24.1. The molecule has 0 bridgehead atoms. The number of nitrogens with zero attached hydrogens (tertiary/aromatic N) is 3. The lowest BCUT2D eigenvalue weighted by Gasteiger charge is -2.43. The number of fused-ring (bicyclic) bond motifs is 2. The molecule has 7 heteroatoms. The second-order valence-corrected chi connectivity index (χ2v) is 11.1. The summed E-state index contributed by atoms with van der Waals surface area (Å²) in [5.74, 6) is -1.99. The largest absolute Gasteiger partial charge is 0.288 e. The Bertz CT molecular complexity index is 1480. The van der Waals surface area contributed by atoms with E-state index in [1.807, 2.05) is 60.7 Å². The summed E-state index contributed by atoms with van der Waals surface area (Å²) in [5.41, 5.74) is 3.20. The molecule has 2 aliphatic heterocycles. The van der Waals surface area contributed by atoms with Crippen molar-refractivity contribution in [3.05, 3.63) is 143 Å². The molecule has 1 unspecified atom stereocenters. The summed E-state index contributed by atoms with van der Waals surface area (Å²) >= 11 is 0. The van der Waals surface area contributed by atoms with Crippen LogP contribution in [-0.2, 0) is 13.1 Å². The van der Waals surface area contributed by atoms with Gasteiger partial charge in [-0.1, -0.05) is 105 Å². The first-order valence-electron chi connectivity index (χ1n) is 14.7. The van der Waals surface area contributed by atoms with Crippen LogP contribution in [0.25, 0.3) is 0 Å². The van der Waals surface area contributed by atoms with Crippen molar-refractivity contribution in [1.82, 2.24) is 14.7 Å². The first-order valence-corrected chi connectivity index (χ1v) is 14.7. The maximum absolute atomic E-state index is 14.0. The van der Waals surface area contributed by atoms with E-state index in [0.29, 0.717) is 19.5 Å². The molecule has 0 radical (unpaired) electrons. The van der Waals surface area contributed by atoms with Crippen LogP contribution in [-0.4, -0.2) is 50.5 Å². The normalized spacial score (nSPS) is 15.0. The van der Waals surface area contributed by atoms with Gasteiger partial charge < -0.3 is 0 Å². The number of amides is 4. The Labute approximate surface area is 251 Å². The molecule has 43 heavy (non-hydrogen) atoms. The molecule has 0 saturated carbocycles. The van der Waals surface area contributed by atoms with E-state index in [0.717, 1.165) is 33.8 Å². The Kier molecular flexibility index (Phi) is 7.99. The van der Waals surface area contributed by atoms with Gasteiger partial charge in [0.25, 0.3) is 23.6 Å². The minimum atomic E-state index is -1.15. The van der Waals surface area contributed by atoms with Crippen LogP contribution in [0.15, 0.2) is 109 Å². The minimum absolute atomic E-state index is 0.279. The van der Waals surface area contributed by atoms with E-state index < -0.39 is 35.8 Å². The monoisotopic (exact) mass is 571 g/mol. The van der Waals surface area contributed by atoms with Crippen molar-refractivity contribution in [3.8, 4) is 0 Å². The van der Waals surface area contributed by atoms with Gasteiger partial charge in [0.1, 0.15) is 6.17 Å². The van der Waals surface area contributed by atoms with Gasteiger partial charge in [0, 0.05) is 13.1 Å². The molecular weight excluding hydrogens is 538 g/mol. The Hall–Kier alpha value is -4.88. The Morgan fingerprint density at radius 3 is 1.23 bits per heavy atom. The highest BCUT2D eigenvalue weighted by atomic mass is 16.2. The van der Waals surface area contributed by atoms with E-state index in [4.69, 9.17) is 0 Å². The van der Waals surface area contributed by atoms with Gasteiger partial charge in [0.15, 0.2) is 0 Å². The van der Waals surface area contributed by atoms with E-state index in [2.05, 4.69) is 11.8 Å². The molecule has 0 N–H and O–H groups in total. The minimum Gasteiger partial charge on any atom is -0.288 e. The molecule has 4 aromatic carbocycles. The molecule has 0 saturated heterocycles. The van der Waals surface area contributed by atoms with E-state index in [1.165, 1.54) is 0 Å². The standard InChI is InChI=1S/C36H33N3O4/c1-2-3-22-31(37(23-25-14-6-4-7-15-25)24-26-16-8-5-9-17-26)32(38-33(40)27-18-10-11-19-28(27)34(38)41)39-35(42)29-20-12-13-21-30(29)36(39)43/h4-21,31-32H,2-3,22-24H2,1H3. The summed E-state index contributed by atoms with van der Waals surface area (Å²) in [4.78, 5) is 60.7. The molecule has 0 aromatic heterocycles. The van der Waals surface area contributed by atoms with Crippen molar-refractivity contribution in [2.45, 2.75) is 51.5 Å².